The van der Waals surface area contributed by atoms with Crippen LogP contribution in [-0.2, 0) is 0 Å². The Balaban J connectivity index is 2.13. The number of benzene rings is 1. The summed E-state index contributed by atoms with van der Waals surface area (Å²) in [5.41, 5.74) is -1.19. The zero-order chi connectivity index (χ0) is 17.0. The second kappa shape index (κ2) is 6.62. The number of aromatic hydroxyl groups is 1. The standard InChI is InChI=1S/C12H9N5O5S/c18-8-5-9(19)14-11(13-8)16-12(23)15-10(20)6-3-1-2-4-7(6)17(21)22/h1-5H,(H4,13,14,15,16,18,19,20,23). The summed E-state index contributed by atoms with van der Waals surface area (Å²) in [6, 6.07) is 6.18. The molecule has 11 heteroatoms. The number of para-hydroxylation sites is 1. The Kier molecular flexibility index (Phi) is 4.61. The summed E-state index contributed by atoms with van der Waals surface area (Å²) < 4.78 is 0. The molecule has 1 amide bonds. The monoisotopic (exact) mass is 335 g/mol. The van der Waals surface area contributed by atoms with E-state index in [1.54, 1.807) is 0 Å². The maximum absolute atomic E-state index is 12.0. The molecular weight excluding hydrogens is 326 g/mol. The number of nitrogens with one attached hydrogen (secondary N) is 3. The Morgan fingerprint density at radius 2 is 2.09 bits per heavy atom. The first-order valence-corrected chi connectivity index (χ1v) is 6.43. The lowest BCUT2D eigenvalue weighted by atomic mass is 10.1. The molecule has 2 rings (SSSR count). The van der Waals surface area contributed by atoms with Gasteiger partial charge >= 0.3 is 0 Å². The number of anilines is 1. The summed E-state index contributed by atoms with van der Waals surface area (Å²) in [6.07, 6.45) is 0. The first-order chi connectivity index (χ1) is 10.9. The minimum Gasteiger partial charge on any atom is -0.493 e. The molecule has 23 heavy (non-hydrogen) atoms. The first kappa shape index (κ1) is 16.0. The minimum atomic E-state index is -0.808. The number of aromatic amines is 1. The third-order valence-corrected chi connectivity index (χ3v) is 2.74. The molecule has 0 atom stereocenters. The van der Waals surface area contributed by atoms with Crippen molar-refractivity contribution < 1.29 is 14.8 Å². The number of nitro benzene ring substituents is 1. The summed E-state index contributed by atoms with van der Waals surface area (Å²) in [5, 5.41) is 24.4. The zero-order valence-electron chi connectivity index (χ0n) is 11.3. The molecule has 118 valence electrons. The molecule has 1 heterocycles. The van der Waals surface area contributed by atoms with E-state index in [0.717, 1.165) is 6.07 Å². The topological polar surface area (TPSA) is 150 Å². The molecule has 0 saturated heterocycles. The van der Waals surface area contributed by atoms with Gasteiger partial charge in [-0.25, -0.2) is 0 Å². The molecule has 1 aromatic heterocycles. The highest BCUT2D eigenvalue weighted by molar-refractivity contribution is 7.80. The van der Waals surface area contributed by atoms with Gasteiger partial charge in [-0.1, -0.05) is 12.1 Å². The summed E-state index contributed by atoms with van der Waals surface area (Å²) >= 11 is 4.85. The molecule has 0 aliphatic rings. The highest BCUT2D eigenvalue weighted by Crippen LogP contribution is 2.17. The van der Waals surface area contributed by atoms with Gasteiger partial charge in [0.2, 0.25) is 11.8 Å². The van der Waals surface area contributed by atoms with E-state index < -0.39 is 22.3 Å². The first-order valence-electron chi connectivity index (χ1n) is 6.03. The molecule has 0 spiro atoms. The number of H-pyrrole nitrogens is 1. The lowest BCUT2D eigenvalue weighted by molar-refractivity contribution is -0.385. The summed E-state index contributed by atoms with van der Waals surface area (Å²) in [6.45, 7) is 0. The van der Waals surface area contributed by atoms with Crippen LogP contribution in [0.1, 0.15) is 10.4 Å². The van der Waals surface area contributed by atoms with Gasteiger partial charge in [-0.15, -0.1) is 0 Å². The van der Waals surface area contributed by atoms with Crippen molar-refractivity contribution in [1.29, 1.82) is 0 Å². The fourth-order valence-corrected chi connectivity index (χ4v) is 1.83. The van der Waals surface area contributed by atoms with Crippen LogP contribution in [0, 0.1) is 10.1 Å². The summed E-state index contributed by atoms with van der Waals surface area (Å²) in [7, 11) is 0. The average molecular weight is 335 g/mol. The van der Waals surface area contributed by atoms with Gasteiger partial charge in [0.15, 0.2) is 5.11 Å². The van der Waals surface area contributed by atoms with Crippen molar-refractivity contribution in [2.45, 2.75) is 0 Å². The quantitative estimate of drug-likeness (QED) is 0.360. The van der Waals surface area contributed by atoms with E-state index >= 15 is 0 Å². The number of rotatable bonds is 3. The maximum Gasteiger partial charge on any atom is 0.282 e. The van der Waals surface area contributed by atoms with Crippen molar-refractivity contribution in [2.75, 3.05) is 5.32 Å². The van der Waals surface area contributed by atoms with Gasteiger partial charge in [0, 0.05) is 6.07 Å². The van der Waals surface area contributed by atoms with E-state index in [4.69, 9.17) is 12.2 Å². The van der Waals surface area contributed by atoms with Crippen molar-refractivity contribution in [3.05, 3.63) is 56.4 Å². The molecule has 0 aliphatic heterocycles. The predicted molar refractivity (Wildman–Crippen MR) is 83.3 cm³/mol. The van der Waals surface area contributed by atoms with E-state index in [-0.39, 0.29) is 22.3 Å². The molecular formula is C12H9N5O5S. The summed E-state index contributed by atoms with van der Waals surface area (Å²) in [5.74, 6) is -1.54. The van der Waals surface area contributed by atoms with Crippen LogP contribution >= 0.6 is 12.2 Å². The van der Waals surface area contributed by atoms with Crippen LogP contribution in [0.4, 0.5) is 11.6 Å². The number of aromatic nitrogens is 2. The molecule has 0 unspecified atom stereocenters. The van der Waals surface area contributed by atoms with Gasteiger partial charge < -0.3 is 10.4 Å². The fraction of sp³-hybridized carbons (Fsp3) is 0. The van der Waals surface area contributed by atoms with Crippen LogP contribution < -0.4 is 16.2 Å². The van der Waals surface area contributed by atoms with Crippen molar-refractivity contribution in [2.24, 2.45) is 0 Å². The van der Waals surface area contributed by atoms with Gasteiger partial charge in [0.05, 0.1) is 11.0 Å². The number of carbonyl (C=O) groups excluding carboxylic acids is 1. The van der Waals surface area contributed by atoms with Crippen LogP contribution in [0.25, 0.3) is 0 Å². The number of thiocarbonyl (C=S) groups is 1. The van der Waals surface area contributed by atoms with Gasteiger partial charge in [0.1, 0.15) is 5.56 Å². The van der Waals surface area contributed by atoms with Gasteiger partial charge in [-0.2, -0.15) is 4.98 Å². The lowest BCUT2D eigenvalue weighted by Crippen LogP contribution is -2.35. The average Bonchev–Trinajstić information content (AvgIpc) is 2.45. The molecule has 0 aliphatic carbocycles. The van der Waals surface area contributed by atoms with Crippen molar-refractivity contribution in [3.63, 3.8) is 0 Å². The van der Waals surface area contributed by atoms with Crippen LogP contribution in [-0.4, -0.2) is 31.0 Å². The highest BCUT2D eigenvalue weighted by atomic mass is 32.1. The Bertz CT molecular complexity index is 850. The van der Waals surface area contributed by atoms with Crippen LogP contribution in [0.5, 0.6) is 5.88 Å². The second-order valence-electron chi connectivity index (χ2n) is 4.13. The molecule has 1 aromatic carbocycles. The van der Waals surface area contributed by atoms with E-state index in [0.29, 0.717) is 0 Å². The van der Waals surface area contributed by atoms with Crippen molar-refractivity contribution in [3.8, 4) is 5.88 Å². The van der Waals surface area contributed by atoms with Gasteiger partial charge in [-0.3, -0.25) is 30.0 Å². The number of carbonyl (C=O) groups is 1. The van der Waals surface area contributed by atoms with Gasteiger partial charge in [-0.05, 0) is 18.3 Å². The van der Waals surface area contributed by atoms with Crippen molar-refractivity contribution >= 4 is 34.9 Å². The Labute approximate surface area is 133 Å². The molecule has 0 radical (unpaired) electrons. The van der Waals surface area contributed by atoms with E-state index in [1.165, 1.54) is 24.3 Å². The largest absolute Gasteiger partial charge is 0.493 e. The third kappa shape index (κ3) is 4.07. The molecule has 0 bridgehead atoms. The number of nitro groups is 1. The van der Waals surface area contributed by atoms with Crippen LogP contribution in [0.3, 0.4) is 0 Å². The highest BCUT2D eigenvalue weighted by Gasteiger charge is 2.20. The molecule has 0 fully saturated rings. The Hall–Kier alpha value is -3.34. The summed E-state index contributed by atoms with van der Waals surface area (Å²) in [4.78, 5) is 39.1. The minimum absolute atomic E-state index is 0.181. The second-order valence-corrected chi connectivity index (χ2v) is 4.54. The molecule has 2 aromatic rings. The number of nitrogens with zero attached hydrogens (tertiary/aromatic N) is 2. The number of hydrogen-bond donors (Lipinski definition) is 4. The molecule has 10 nitrogen and oxygen atoms in total. The Morgan fingerprint density at radius 1 is 1.39 bits per heavy atom. The molecule has 4 N–H and O–H groups in total. The predicted octanol–water partition coefficient (Wildman–Crippen LogP) is 0.510. The van der Waals surface area contributed by atoms with Crippen LogP contribution in [0.15, 0.2) is 35.1 Å². The van der Waals surface area contributed by atoms with E-state index in [1.807, 2.05) is 0 Å². The van der Waals surface area contributed by atoms with Crippen molar-refractivity contribution in [1.82, 2.24) is 15.3 Å². The number of amides is 1. The fourth-order valence-electron chi connectivity index (χ4n) is 1.64. The Morgan fingerprint density at radius 3 is 2.74 bits per heavy atom. The maximum atomic E-state index is 12.0. The molecule has 0 saturated carbocycles. The van der Waals surface area contributed by atoms with E-state index in [2.05, 4.69) is 20.6 Å². The van der Waals surface area contributed by atoms with E-state index in [9.17, 15) is 24.8 Å². The normalized spacial score (nSPS) is 9.91. The zero-order valence-corrected chi connectivity index (χ0v) is 12.1. The number of hydrogen-bond acceptors (Lipinski definition) is 7. The third-order valence-electron chi connectivity index (χ3n) is 2.53. The SMILES string of the molecule is O=C(NC(=S)Nc1nc(O)cc(=O)[nH]1)c1ccccc1[N+](=O)[O-]. The lowest BCUT2D eigenvalue weighted by Gasteiger charge is -2.08. The van der Waals surface area contributed by atoms with Crippen LogP contribution in [0.2, 0.25) is 0 Å². The smallest absolute Gasteiger partial charge is 0.282 e. The van der Waals surface area contributed by atoms with Gasteiger partial charge in [0.25, 0.3) is 17.2 Å².